The van der Waals surface area contributed by atoms with Gasteiger partial charge >= 0.3 is 0 Å². The van der Waals surface area contributed by atoms with Gasteiger partial charge in [-0.3, -0.25) is 9.59 Å². The SMILES string of the molecule is COc1ccc(C(C)NC(=O)CCCNC(=O)c2ccc(Cl)cc2)c(OC)c1. The second-order valence-electron chi connectivity index (χ2n) is 6.26. The number of halogens is 1. The fourth-order valence-corrected chi connectivity index (χ4v) is 2.85. The zero-order valence-corrected chi connectivity index (χ0v) is 17.0. The quantitative estimate of drug-likeness (QED) is 0.624. The summed E-state index contributed by atoms with van der Waals surface area (Å²) in [5.74, 6) is 1.07. The van der Waals surface area contributed by atoms with Crippen LogP contribution >= 0.6 is 11.6 Å². The molecule has 0 fully saturated rings. The molecule has 2 aromatic rings. The average Bonchev–Trinajstić information content (AvgIpc) is 2.70. The van der Waals surface area contributed by atoms with Crippen molar-refractivity contribution in [2.45, 2.75) is 25.8 Å². The summed E-state index contributed by atoms with van der Waals surface area (Å²) < 4.78 is 10.6. The van der Waals surface area contributed by atoms with Gasteiger partial charge in [-0.15, -0.1) is 0 Å². The molecule has 1 atom stereocenters. The fraction of sp³-hybridized carbons (Fsp3) is 0.333. The van der Waals surface area contributed by atoms with Crippen molar-refractivity contribution in [2.75, 3.05) is 20.8 Å². The maximum Gasteiger partial charge on any atom is 0.251 e. The van der Waals surface area contributed by atoms with E-state index in [0.717, 1.165) is 5.56 Å². The second kappa shape index (κ2) is 10.6. The minimum atomic E-state index is -0.211. The molecule has 0 aliphatic rings. The molecule has 0 heterocycles. The molecule has 28 heavy (non-hydrogen) atoms. The number of hydrogen-bond donors (Lipinski definition) is 2. The van der Waals surface area contributed by atoms with Gasteiger partial charge in [0.15, 0.2) is 0 Å². The van der Waals surface area contributed by atoms with E-state index in [1.165, 1.54) is 0 Å². The first kappa shape index (κ1) is 21.6. The van der Waals surface area contributed by atoms with Crippen molar-refractivity contribution in [3.05, 3.63) is 58.6 Å². The summed E-state index contributed by atoms with van der Waals surface area (Å²) in [4.78, 5) is 24.2. The number of carbonyl (C=O) groups is 2. The Morgan fingerprint density at radius 3 is 2.43 bits per heavy atom. The Morgan fingerprint density at radius 1 is 1.07 bits per heavy atom. The molecule has 6 nitrogen and oxygen atoms in total. The van der Waals surface area contributed by atoms with Crippen molar-refractivity contribution in [2.24, 2.45) is 0 Å². The van der Waals surface area contributed by atoms with Crippen molar-refractivity contribution in [3.8, 4) is 11.5 Å². The summed E-state index contributed by atoms with van der Waals surface area (Å²) >= 11 is 5.81. The lowest BCUT2D eigenvalue weighted by atomic mass is 10.1. The molecule has 0 saturated carbocycles. The van der Waals surface area contributed by atoms with E-state index < -0.39 is 0 Å². The lowest BCUT2D eigenvalue weighted by Gasteiger charge is -2.18. The van der Waals surface area contributed by atoms with E-state index in [1.807, 2.05) is 19.1 Å². The topological polar surface area (TPSA) is 76.7 Å². The van der Waals surface area contributed by atoms with E-state index in [1.54, 1.807) is 44.6 Å². The molecule has 0 saturated heterocycles. The lowest BCUT2D eigenvalue weighted by Crippen LogP contribution is -2.29. The van der Waals surface area contributed by atoms with Crippen LogP contribution in [0, 0.1) is 0 Å². The Balaban J connectivity index is 1.77. The van der Waals surface area contributed by atoms with Gasteiger partial charge in [-0.05, 0) is 49.7 Å². The Bertz CT molecular complexity index is 809. The lowest BCUT2D eigenvalue weighted by molar-refractivity contribution is -0.121. The molecule has 0 aromatic heterocycles. The third kappa shape index (κ3) is 6.16. The van der Waals surface area contributed by atoms with Crippen LogP contribution in [0.3, 0.4) is 0 Å². The predicted molar refractivity (Wildman–Crippen MR) is 109 cm³/mol. The third-order valence-electron chi connectivity index (χ3n) is 4.26. The van der Waals surface area contributed by atoms with Crippen molar-refractivity contribution in [1.29, 1.82) is 0 Å². The summed E-state index contributed by atoms with van der Waals surface area (Å²) in [6.45, 7) is 2.31. The highest BCUT2D eigenvalue weighted by Gasteiger charge is 2.15. The number of carbonyl (C=O) groups excluding carboxylic acids is 2. The number of amides is 2. The Kier molecular flexibility index (Phi) is 8.14. The molecule has 1 unspecified atom stereocenters. The van der Waals surface area contributed by atoms with Gasteiger partial charge in [-0.2, -0.15) is 0 Å². The summed E-state index contributed by atoms with van der Waals surface area (Å²) in [5, 5.41) is 6.32. The molecule has 0 aliphatic carbocycles. The maximum absolute atomic E-state index is 12.2. The monoisotopic (exact) mass is 404 g/mol. The van der Waals surface area contributed by atoms with Crippen LogP contribution in [0.5, 0.6) is 11.5 Å². The van der Waals surface area contributed by atoms with Crippen LogP contribution in [0.15, 0.2) is 42.5 Å². The summed E-state index contributed by atoms with van der Waals surface area (Å²) in [5.41, 5.74) is 1.40. The number of benzene rings is 2. The molecule has 7 heteroatoms. The van der Waals surface area contributed by atoms with Crippen LogP contribution in [0.1, 0.15) is 41.7 Å². The molecule has 150 valence electrons. The molecule has 0 bridgehead atoms. The normalized spacial score (nSPS) is 11.4. The van der Waals surface area contributed by atoms with Crippen molar-refractivity contribution >= 4 is 23.4 Å². The molecular formula is C21H25ClN2O4. The first-order valence-electron chi connectivity index (χ1n) is 8.99. The first-order valence-corrected chi connectivity index (χ1v) is 9.37. The van der Waals surface area contributed by atoms with E-state index in [0.29, 0.717) is 41.5 Å². The highest BCUT2D eigenvalue weighted by atomic mass is 35.5. The van der Waals surface area contributed by atoms with E-state index in [9.17, 15) is 9.59 Å². The largest absolute Gasteiger partial charge is 0.497 e. The first-order chi connectivity index (χ1) is 13.4. The molecule has 2 N–H and O–H groups in total. The van der Waals surface area contributed by atoms with Crippen molar-refractivity contribution in [1.82, 2.24) is 10.6 Å². The Labute approximate surface area is 170 Å². The van der Waals surface area contributed by atoms with Crippen LogP contribution in [0.4, 0.5) is 0 Å². The zero-order valence-electron chi connectivity index (χ0n) is 16.3. The molecule has 0 aliphatic heterocycles. The van der Waals surface area contributed by atoms with E-state index in [-0.39, 0.29) is 17.9 Å². The maximum atomic E-state index is 12.2. The minimum absolute atomic E-state index is 0.0916. The Hall–Kier alpha value is -2.73. The minimum Gasteiger partial charge on any atom is -0.497 e. The number of ether oxygens (including phenoxy) is 2. The predicted octanol–water partition coefficient (Wildman–Crippen LogP) is 3.74. The van der Waals surface area contributed by atoms with Crippen LogP contribution in [-0.4, -0.2) is 32.6 Å². The van der Waals surface area contributed by atoms with Gasteiger partial charge < -0.3 is 20.1 Å². The van der Waals surface area contributed by atoms with Crippen LogP contribution in [0.25, 0.3) is 0 Å². The number of nitrogens with one attached hydrogen (secondary N) is 2. The van der Waals surface area contributed by atoms with Gasteiger partial charge in [0.05, 0.1) is 20.3 Å². The van der Waals surface area contributed by atoms with Gasteiger partial charge in [0.25, 0.3) is 5.91 Å². The zero-order chi connectivity index (χ0) is 20.5. The van der Waals surface area contributed by atoms with Crippen LogP contribution in [0.2, 0.25) is 5.02 Å². The van der Waals surface area contributed by atoms with Crippen molar-refractivity contribution in [3.63, 3.8) is 0 Å². The fourth-order valence-electron chi connectivity index (χ4n) is 2.72. The summed E-state index contributed by atoms with van der Waals surface area (Å²) in [6.07, 6.45) is 0.849. The van der Waals surface area contributed by atoms with Gasteiger partial charge in [0, 0.05) is 35.2 Å². The third-order valence-corrected chi connectivity index (χ3v) is 4.51. The van der Waals surface area contributed by atoms with Gasteiger partial charge in [-0.25, -0.2) is 0 Å². The molecular weight excluding hydrogens is 380 g/mol. The van der Waals surface area contributed by atoms with Gasteiger partial charge in [0.1, 0.15) is 11.5 Å². The van der Waals surface area contributed by atoms with Gasteiger partial charge in [-0.1, -0.05) is 11.6 Å². The second-order valence-corrected chi connectivity index (χ2v) is 6.70. The van der Waals surface area contributed by atoms with Crippen LogP contribution in [-0.2, 0) is 4.79 Å². The molecule has 2 amide bonds. The summed E-state index contributed by atoms with van der Waals surface area (Å²) in [6, 6.07) is 11.9. The smallest absolute Gasteiger partial charge is 0.251 e. The molecule has 2 aromatic carbocycles. The highest BCUT2D eigenvalue weighted by Crippen LogP contribution is 2.29. The highest BCUT2D eigenvalue weighted by molar-refractivity contribution is 6.30. The van der Waals surface area contributed by atoms with E-state index >= 15 is 0 Å². The number of methoxy groups -OCH3 is 2. The molecule has 0 spiro atoms. The van der Waals surface area contributed by atoms with E-state index in [4.69, 9.17) is 21.1 Å². The molecule has 0 radical (unpaired) electrons. The van der Waals surface area contributed by atoms with Crippen LogP contribution < -0.4 is 20.1 Å². The Morgan fingerprint density at radius 2 is 1.79 bits per heavy atom. The van der Waals surface area contributed by atoms with Crippen molar-refractivity contribution < 1.29 is 19.1 Å². The number of rotatable bonds is 9. The average molecular weight is 405 g/mol. The number of hydrogen-bond acceptors (Lipinski definition) is 4. The molecule has 2 rings (SSSR count). The van der Waals surface area contributed by atoms with Gasteiger partial charge in [0.2, 0.25) is 5.91 Å². The van der Waals surface area contributed by atoms with E-state index in [2.05, 4.69) is 10.6 Å². The standard InChI is InChI=1S/C21H25ClN2O4/c1-14(18-11-10-17(27-2)13-19(18)28-3)24-20(25)5-4-12-23-21(26)15-6-8-16(22)9-7-15/h6-11,13-14H,4-5,12H2,1-3H3,(H,23,26)(H,24,25). The summed E-state index contributed by atoms with van der Waals surface area (Å²) in [7, 11) is 3.17.